The Labute approximate surface area is 117 Å². The maximum Gasteiger partial charge on any atom is 0.313 e. The van der Waals surface area contributed by atoms with Crippen molar-refractivity contribution < 1.29 is 9.59 Å². The van der Waals surface area contributed by atoms with Gasteiger partial charge in [0, 0.05) is 23.8 Å². The van der Waals surface area contributed by atoms with Crippen LogP contribution in [0.25, 0.3) is 0 Å². The van der Waals surface area contributed by atoms with E-state index in [0.717, 1.165) is 24.8 Å². The van der Waals surface area contributed by atoms with E-state index in [-0.39, 0.29) is 0 Å². The molecule has 0 spiro atoms. The van der Waals surface area contributed by atoms with Crippen LogP contribution in [0.1, 0.15) is 24.8 Å². The number of nitrogens with one attached hydrogen (secondary N) is 1. The molecule has 1 fully saturated rings. The summed E-state index contributed by atoms with van der Waals surface area (Å²) in [6.07, 6.45) is 3.06. The number of benzene rings is 1. The lowest BCUT2D eigenvalue weighted by Crippen LogP contribution is -2.42. The van der Waals surface area contributed by atoms with Gasteiger partial charge in [0.2, 0.25) is 0 Å². The van der Waals surface area contributed by atoms with Crippen LogP contribution in [0.4, 0.5) is 5.69 Å². The Kier molecular flexibility index (Phi) is 4.43. The van der Waals surface area contributed by atoms with Gasteiger partial charge in [-0.2, -0.15) is 0 Å². The SMILES string of the molecule is Cc1ccc(NC(=O)C(=O)N2CCCCC2)cc1Cl. The van der Waals surface area contributed by atoms with Gasteiger partial charge in [-0.15, -0.1) is 0 Å². The van der Waals surface area contributed by atoms with Crippen molar-refractivity contribution in [3.8, 4) is 0 Å². The summed E-state index contributed by atoms with van der Waals surface area (Å²) in [7, 11) is 0. The average molecular weight is 281 g/mol. The number of anilines is 1. The van der Waals surface area contributed by atoms with Crippen molar-refractivity contribution in [2.24, 2.45) is 0 Å². The fourth-order valence-electron chi connectivity index (χ4n) is 2.10. The van der Waals surface area contributed by atoms with Gasteiger partial charge >= 0.3 is 11.8 Å². The number of piperidine rings is 1. The van der Waals surface area contributed by atoms with Crippen LogP contribution in [-0.4, -0.2) is 29.8 Å². The number of hydrogen-bond acceptors (Lipinski definition) is 2. The lowest BCUT2D eigenvalue weighted by molar-refractivity contribution is -0.143. The van der Waals surface area contributed by atoms with Crippen LogP contribution in [0, 0.1) is 6.92 Å². The van der Waals surface area contributed by atoms with E-state index in [2.05, 4.69) is 5.32 Å². The predicted molar refractivity (Wildman–Crippen MR) is 75.2 cm³/mol. The number of amides is 2. The maximum atomic E-state index is 11.9. The molecule has 0 aliphatic carbocycles. The number of likely N-dealkylation sites (tertiary alicyclic amines) is 1. The second-order valence-corrected chi connectivity index (χ2v) is 5.18. The van der Waals surface area contributed by atoms with E-state index < -0.39 is 11.8 Å². The number of nitrogens with zero attached hydrogens (tertiary/aromatic N) is 1. The quantitative estimate of drug-likeness (QED) is 0.804. The molecule has 1 saturated heterocycles. The Hall–Kier alpha value is -1.55. The summed E-state index contributed by atoms with van der Waals surface area (Å²) in [5.74, 6) is -1.06. The van der Waals surface area contributed by atoms with Crippen LogP contribution in [0.15, 0.2) is 18.2 Å². The molecule has 102 valence electrons. The highest BCUT2D eigenvalue weighted by atomic mass is 35.5. The molecule has 19 heavy (non-hydrogen) atoms. The van der Waals surface area contributed by atoms with E-state index >= 15 is 0 Å². The van der Waals surface area contributed by atoms with Crippen molar-refractivity contribution in [2.75, 3.05) is 18.4 Å². The summed E-state index contributed by atoms with van der Waals surface area (Å²) < 4.78 is 0. The van der Waals surface area contributed by atoms with Gasteiger partial charge in [-0.3, -0.25) is 9.59 Å². The highest BCUT2D eigenvalue weighted by Crippen LogP contribution is 2.20. The van der Waals surface area contributed by atoms with Crippen LogP contribution in [0.2, 0.25) is 5.02 Å². The molecule has 1 aromatic rings. The number of carbonyl (C=O) groups excluding carboxylic acids is 2. The second kappa shape index (κ2) is 6.06. The normalized spacial score (nSPS) is 15.2. The van der Waals surface area contributed by atoms with Crippen molar-refractivity contribution >= 4 is 29.1 Å². The lowest BCUT2D eigenvalue weighted by atomic mass is 10.1. The maximum absolute atomic E-state index is 11.9. The minimum Gasteiger partial charge on any atom is -0.334 e. The number of halogens is 1. The first kappa shape index (κ1) is 13.9. The summed E-state index contributed by atoms with van der Waals surface area (Å²) in [6, 6.07) is 5.20. The molecule has 1 aliphatic rings. The zero-order valence-electron chi connectivity index (χ0n) is 10.9. The Morgan fingerprint density at radius 1 is 1.21 bits per heavy atom. The molecule has 1 aliphatic heterocycles. The van der Waals surface area contributed by atoms with Gasteiger partial charge in [-0.05, 0) is 43.9 Å². The summed E-state index contributed by atoms with van der Waals surface area (Å²) in [4.78, 5) is 25.4. The van der Waals surface area contributed by atoms with E-state index in [9.17, 15) is 9.59 Å². The van der Waals surface area contributed by atoms with E-state index in [1.54, 1.807) is 17.0 Å². The third-order valence-electron chi connectivity index (χ3n) is 3.27. The largest absolute Gasteiger partial charge is 0.334 e. The van der Waals surface area contributed by atoms with Gasteiger partial charge in [0.25, 0.3) is 0 Å². The standard InChI is InChI=1S/C14H17ClN2O2/c1-10-5-6-11(9-12(10)15)16-13(18)14(19)17-7-3-2-4-8-17/h5-6,9H,2-4,7-8H2,1H3,(H,16,18). The number of rotatable bonds is 1. The highest BCUT2D eigenvalue weighted by molar-refractivity contribution is 6.39. The molecular weight excluding hydrogens is 264 g/mol. The first-order valence-corrected chi connectivity index (χ1v) is 6.82. The van der Waals surface area contributed by atoms with Crippen molar-refractivity contribution in [1.29, 1.82) is 0 Å². The van der Waals surface area contributed by atoms with Gasteiger partial charge < -0.3 is 10.2 Å². The number of hydrogen-bond donors (Lipinski definition) is 1. The van der Waals surface area contributed by atoms with E-state index in [4.69, 9.17) is 11.6 Å². The average Bonchev–Trinajstić information content (AvgIpc) is 2.43. The molecular formula is C14H17ClN2O2. The van der Waals surface area contributed by atoms with E-state index in [1.807, 2.05) is 13.0 Å². The van der Waals surface area contributed by atoms with Crippen molar-refractivity contribution in [1.82, 2.24) is 4.90 Å². The second-order valence-electron chi connectivity index (χ2n) is 4.77. The molecule has 1 aromatic carbocycles. The van der Waals surface area contributed by atoms with Crippen LogP contribution in [0.3, 0.4) is 0 Å². The molecule has 0 radical (unpaired) electrons. The predicted octanol–water partition coefficient (Wildman–Crippen LogP) is 2.60. The molecule has 0 saturated carbocycles. The van der Waals surface area contributed by atoms with Crippen molar-refractivity contribution in [2.45, 2.75) is 26.2 Å². The van der Waals surface area contributed by atoms with E-state index in [0.29, 0.717) is 23.8 Å². The fraction of sp³-hybridized carbons (Fsp3) is 0.429. The van der Waals surface area contributed by atoms with E-state index in [1.165, 1.54) is 0 Å². The van der Waals surface area contributed by atoms with Crippen LogP contribution < -0.4 is 5.32 Å². The first-order valence-electron chi connectivity index (χ1n) is 6.44. The Bertz CT molecular complexity index is 496. The zero-order valence-corrected chi connectivity index (χ0v) is 11.7. The molecule has 5 heteroatoms. The zero-order chi connectivity index (χ0) is 13.8. The van der Waals surface area contributed by atoms with Crippen molar-refractivity contribution in [3.63, 3.8) is 0 Å². The van der Waals surface area contributed by atoms with Crippen LogP contribution in [-0.2, 0) is 9.59 Å². The van der Waals surface area contributed by atoms with Crippen LogP contribution in [0.5, 0.6) is 0 Å². The summed E-state index contributed by atoms with van der Waals surface area (Å²) in [5, 5.41) is 3.16. The molecule has 1 N–H and O–H groups in total. The highest BCUT2D eigenvalue weighted by Gasteiger charge is 2.23. The van der Waals surface area contributed by atoms with Gasteiger partial charge in [0.1, 0.15) is 0 Å². The Balaban J connectivity index is 1.99. The summed E-state index contributed by atoms with van der Waals surface area (Å²) in [6.45, 7) is 3.22. The smallest absolute Gasteiger partial charge is 0.313 e. The molecule has 2 rings (SSSR count). The van der Waals surface area contributed by atoms with Gasteiger partial charge in [-0.25, -0.2) is 0 Å². The van der Waals surface area contributed by atoms with Gasteiger partial charge in [-0.1, -0.05) is 17.7 Å². The molecule has 2 amide bonds. The van der Waals surface area contributed by atoms with Gasteiger partial charge in [0.15, 0.2) is 0 Å². The molecule has 1 heterocycles. The fourth-order valence-corrected chi connectivity index (χ4v) is 2.28. The molecule has 0 unspecified atom stereocenters. The summed E-state index contributed by atoms with van der Waals surface area (Å²) >= 11 is 5.98. The van der Waals surface area contributed by atoms with Crippen molar-refractivity contribution in [3.05, 3.63) is 28.8 Å². The third kappa shape index (κ3) is 3.47. The third-order valence-corrected chi connectivity index (χ3v) is 3.67. The topological polar surface area (TPSA) is 49.4 Å². The summed E-state index contributed by atoms with van der Waals surface area (Å²) in [5.41, 5.74) is 1.48. The van der Waals surface area contributed by atoms with Crippen LogP contribution >= 0.6 is 11.6 Å². The molecule has 0 atom stereocenters. The van der Waals surface area contributed by atoms with Gasteiger partial charge in [0.05, 0.1) is 0 Å². The molecule has 0 aromatic heterocycles. The number of carbonyl (C=O) groups is 2. The number of aryl methyl sites for hydroxylation is 1. The minimum absolute atomic E-state index is 0.462. The Morgan fingerprint density at radius 2 is 1.89 bits per heavy atom. The monoisotopic (exact) mass is 280 g/mol. The molecule has 4 nitrogen and oxygen atoms in total. The molecule has 0 bridgehead atoms. The first-order chi connectivity index (χ1) is 9.08. The minimum atomic E-state index is -0.596. The lowest BCUT2D eigenvalue weighted by Gasteiger charge is -2.25. The Morgan fingerprint density at radius 3 is 2.53 bits per heavy atom.